The molecule has 0 aliphatic rings. The van der Waals surface area contributed by atoms with Gasteiger partial charge in [-0.15, -0.1) is 0 Å². The van der Waals surface area contributed by atoms with Crippen LogP contribution in [0.5, 0.6) is 0 Å². The van der Waals surface area contributed by atoms with E-state index in [0.717, 1.165) is 17.0 Å². The molecule has 1 aromatic heterocycles. The smallest absolute Gasteiger partial charge is 0.124 e. The van der Waals surface area contributed by atoms with E-state index in [2.05, 4.69) is 15.5 Å². The normalized spacial score (nSPS) is 10.1. The van der Waals surface area contributed by atoms with E-state index in [4.69, 9.17) is 5.26 Å². The van der Waals surface area contributed by atoms with E-state index < -0.39 is 5.82 Å². The van der Waals surface area contributed by atoms with Crippen LogP contribution >= 0.6 is 0 Å². The second-order valence-corrected chi connectivity index (χ2v) is 4.07. The molecule has 2 aromatic rings. The summed E-state index contributed by atoms with van der Waals surface area (Å²) in [6.07, 6.45) is 0. The topological polar surface area (TPSA) is 64.5 Å². The van der Waals surface area contributed by atoms with Gasteiger partial charge in [0, 0.05) is 17.8 Å². The molecule has 0 amide bonds. The highest BCUT2D eigenvalue weighted by molar-refractivity contribution is 5.57. The molecule has 0 spiro atoms. The van der Waals surface area contributed by atoms with Crippen molar-refractivity contribution >= 4 is 5.69 Å². The fraction of sp³-hybridized carbons (Fsp3) is 0.231. The third kappa shape index (κ3) is 2.33. The molecule has 0 saturated carbocycles. The van der Waals surface area contributed by atoms with Crippen LogP contribution in [-0.4, -0.2) is 10.2 Å². The average Bonchev–Trinajstić information content (AvgIpc) is 2.68. The summed E-state index contributed by atoms with van der Waals surface area (Å²) >= 11 is 0. The van der Waals surface area contributed by atoms with Gasteiger partial charge in [-0.25, -0.2) is 4.39 Å². The van der Waals surface area contributed by atoms with Crippen LogP contribution in [0.15, 0.2) is 18.2 Å². The van der Waals surface area contributed by atoms with E-state index in [9.17, 15) is 4.39 Å². The first kappa shape index (κ1) is 12.1. The number of H-pyrrole nitrogens is 1. The molecule has 0 atom stereocenters. The van der Waals surface area contributed by atoms with Gasteiger partial charge in [0.2, 0.25) is 0 Å². The van der Waals surface area contributed by atoms with Gasteiger partial charge in [0.15, 0.2) is 0 Å². The van der Waals surface area contributed by atoms with Gasteiger partial charge in [-0.05, 0) is 32.0 Å². The summed E-state index contributed by atoms with van der Waals surface area (Å²) in [4.78, 5) is 0. The van der Waals surface area contributed by atoms with Gasteiger partial charge in [-0.2, -0.15) is 10.4 Å². The largest absolute Gasteiger partial charge is 0.380 e. The quantitative estimate of drug-likeness (QED) is 0.872. The number of nitrogens with one attached hydrogen (secondary N) is 2. The lowest BCUT2D eigenvalue weighted by Gasteiger charge is -2.08. The Bertz CT molecular complexity index is 590. The maximum Gasteiger partial charge on any atom is 0.124 e. The first-order chi connectivity index (χ1) is 8.61. The molecule has 18 heavy (non-hydrogen) atoms. The zero-order valence-corrected chi connectivity index (χ0v) is 10.2. The Hall–Kier alpha value is -2.35. The van der Waals surface area contributed by atoms with Crippen LogP contribution in [0.2, 0.25) is 0 Å². The number of aromatic nitrogens is 2. The monoisotopic (exact) mass is 244 g/mol. The van der Waals surface area contributed by atoms with Crippen LogP contribution in [0.3, 0.4) is 0 Å². The van der Waals surface area contributed by atoms with Crippen molar-refractivity contribution in [1.82, 2.24) is 10.2 Å². The predicted molar refractivity (Wildman–Crippen MR) is 66.5 cm³/mol. The molecule has 0 fully saturated rings. The van der Waals surface area contributed by atoms with Crippen molar-refractivity contribution in [3.05, 3.63) is 46.5 Å². The molecule has 0 radical (unpaired) electrons. The Morgan fingerprint density at radius 3 is 2.83 bits per heavy atom. The van der Waals surface area contributed by atoms with E-state index in [1.807, 2.05) is 19.9 Å². The van der Waals surface area contributed by atoms with E-state index in [-0.39, 0.29) is 0 Å². The number of benzene rings is 1. The molecule has 0 bridgehead atoms. The number of hydrogen-bond donors (Lipinski definition) is 2. The van der Waals surface area contributed by atoms with Gasteiger partial charge in [0.25, 0.3) is 0 Å². The number of aromatic amines is 1. The van der Waals surface area contributed by atoms with Gasteiger partial charge in [0.1, 0.15) is 11.9 Å². The lowest BCUT2D eigenvalue weighted by atomic mass is 10.1. The minimum atomic E-state index is -0.409. The number of nitrogens with zero attached hydrogens (tertiary/aromatic N) is 2. The van der Waals surface area contributed by atoms with Crippen molar-refractivity contribution in [3.63, 3.8) is 0 Å². The summed E-state index contributed by atoms with van der Waals surface area (Å²) in [5, 5.41) is 19.1. The highest BCUT2D eigenvalue weighted by Gasteiger charge is 2.08. The Kier molecular flexibility index (Phi) is 3.28. The molecule has 0 saturated heterocycles. The number of aryl methyl sites for hydroxylation is 2. The van der Waals surface area contributed by atoms with Crippen molar-refractivity contribution in [2.75, 3.05) is 5.32 Å². The standard InChI is InChI=1S/C13H13FN4/c1-8-12(9(2)18-17-8)7-16-13-4-3-11(14)5-10(13)6-15/h3-5,16H,7H2,1-2H3,(H,17,18). The number of nitriles is 1. The summed E-state index contributed by atoms with van der Waals surface area (Å²) in [6.45, 7) is 4.40. The van der Waals surface area contributed by atoms with Gasteiger partial charge >= 0.3 is 0 Å². The summed E-state index contributed by atoms with van der Waals surface area (Å²) in [5.41, 5.74) is 3.89. The second kappa shape index (κ2) is 4.88. The minimum Gasteiger partial charge on any atom is -0.380 e. The summed E-state index contributed by atoms with van der Waals surface area (Å²) in [7, 11) is 0. The number of halogens is 1. The zero-order valence-electron chi connectivity index (χ0n) is 10.2. The third-order valence-corrected chi connectivity index (χ3v) is 2.84. The average molecular weight is 244 g/mol. The molecule has 0 aliphatic heterocycles. The van der Waals surface area contributed by atoms with Crippen molar-refractivity contribution < 1.29 is 4.39 Å². The third-order valence-electron chi connectivity index (χ3n) is 2.84. The lowest BCUT2D eigenvalue weighted by molar-refractivity contribution is 0.627. The van der Waals surface area contributed by atoms with E-state index in [1.54, 1.807) is 6.07 Å². The fourth-order valence-corrected chi connectivity index (χ4v) is 1.78. The molecule has 4 nitrogen and oxygen atoms in total. The molecule has 1 heterocycles. The van der Waals surface area contributed by atoms with Crippen LogP contribution in [0.1, 0.15) is 22.5 Å². The van der Waals surface area contributed by atoms with Gasteiger partial charge in [-0.1, -0.05) is 0 Å². The van der Waals surface area contributed by atoms with Crippen LogP contribution in [0, 0.1) is 31.0 Å². The summed E-state index contributed by atoms with van der Waals surface area (Å²) in [6, 6.07) is 6.09. The van der Waals surface area contributed by atoms with Gasteiger partial charge in [0.05, 0.1) is 16.9 Å². The van der Waals surface area contributed by atoms with Crippen molar-refractivity contribution in [2.24, 2.45) is 0 Å². The van der Waals surface area contributed by atoms with Gasteiger partial charge in [-0.3, -0.25) is 5.10 Å². The molecule has 2 N–H and O–H groups in total. The lowest BCUT2D eigenvalue weighted by Crippen LogP contribution is -2.03. The van der Waals surface area contributed by atoms with E-state index in [1.165, 1.54) is 12.1 Å². The SMILES string of the molecule is Cc1n[nH]c(C)c1CNc1ccc(F)cc1C#N. The molecule has 1 aromatic carbocycles. The predicted octanol–water partition coefficient (Wildman–Crippen LogP) is 2.65. The molecule has 5 heteroatoms. The second-order valence-electron chi connectivity index (χ2n) is 4.07. The molecule has 0 unspecified atom stereocenters. The Balaban J connectivity index is 2.19. The highest BCUT2D eigenvalue weighted by atomic mass is 19.1. The van der Waals surface area contributed by atoms with Crippen molar-refractivity contribution in [2.45, 2.75) is 20.4 Å². The van der Waals surface area contributed by atoms with Crippen LogP contribution in [0.25, 0.3) is 0 Å². The zero-order chi connectivity index (χ0) is 13.1. The maximum absolute atomic E-state index is 13.0. The van der Waals surface area contributed by atoms with E-state index in [0.29, 0.717) is 17.8 Å². The van der Waals surface area contributed by atoms with Crippen LogP contribution in [0.4, 0.5) is 10.1 Å². The molecular weight excluding hydrogens is 231 g/mol. The summed E-state index contributed by atoms with van der Waals surface area (Å²) in [5.74, 6) is -0.409. The maximum atomic E-state index is 13.0. The molecule has 2 rings (SSSR count). The summed E-state index contributed by atoms with van der Waals surface area (Å²) < 4.78 is 13.0. The van der Waals surface area contributed by atoms with Crippen LogP contribution in [-0.2, 0) is 6.54 Å². The Labute approximate surface area is 104 Å². The molecular formula is C13H13FN4. The number of anilines is 1. The Morgan fingerprint density at radius 2 is 2.22 bits per heavy atom. The number of rotatable bonds is 3. The van der Waals surface area contributed by atoms with Crippen LogP contribution < -0.4 is 5.32 Å². The molecule has 92 valence electrons. The van der Waals surface area contributed by atoms with Crippen molar-refractivity contribution in [1.29, 1.82) is 5.26 Å². The molecule has 0 aliphatic carbocycles. The fourth-order valence-electron chi connectivity index (χ4n) is 1.78. The first-order valence-corrected chi connectivity index (χ1v) is 5.55. The van der Waals surface area contributed by atoms with E-state index >= 15 is 0 Å². The Morgan fingerprint density at radius 1 is 1.44 bits per heavy atom. The minimum absolute atomic E-state index is 0.300. The van der Waals surface area contributed by atoms with Gasteiger partial charge < -0.3 is 5.32 Å². The first-order valence-electron chi connectivity index (χ1n) is 5.55. The highest BCUT2D eigenvalue weighted by Crippen LogP contribution is 2.18. The number of hydrogen-bond acceptors (Lipinski definition) is 3. The van der Waals surface area contributed by atoms with Crippen molar-refractivity contribution in [3.8, 4) is 6.07 Å².